The number of hydrogen-bond donors (Lipinski definition) is 0. The third kappa shape index (κ3) is 4.08. The second kappa shape index (κ2) is 8.03. The van der Waals surface area contributed by atoms with Crippen molar-refractivity contribution in [2.45, 2.75) is 17.2 Å². The average molecular weight is 421 g/mol. The smallest absolute Gasteiger partial charge is 0.256 e. The van der Waals surface area contributed by atoms with Gasteiger partial charge in [-0.25, -0.2) is 22.8 Å². The van der Waals surface area contributed by atoms with Gasteiger partial charge in [0.2, 0.25) is 16.0 Å². The molecule has 3 rings (SSSR count). The Labute approximate surface area is 170 Å². The zero-order valence-electron chi connectivity index (χ0n) is 16.8. The number of nitrogens with zero attached hydrogens (tertiary/aromatic N) is 5. The van der Waals surface area contributed by atoms with Crippen LogP contribution in [-0.4, -0.2) is 74.8 Å². The van der Waals surface area contributed by atoms with Crippen molar-refractivity contribution in [3.05, 3.63) is 47.5 Å². The predicted octanol–water partition coefficient (Wildman–Crippen LogP) is 1.56. The lowest BCUT2D eigenvalue weighted by Gasteiger charge is -2.20. The molecule has 8 nitrogen and oxygen atoms in total. The van der Waals surface area contributed by atoms with Crippen molar-refractivity contribution < 1.29 is 17.6 Å². The van der Waals surface area contributed by atoms with Crippen LogP contribution in [-0.2, 0) is 10.0 Å². The molecule has 1 aliphatic rings. The van der Waals surface area contributed by atoms with Gasteiger partial charge < -0.3 is 9.80 Å². The van der Waals surface area contributed by atoms with Gasteiger partial charge in [0.1, 0.15) is 10.7 Å². The molecule has 29 heavy (non-hydrogen) atoms. The molecule has 1 fully saturated rings. The van der Waals surface area contributed by atoms with Crippen molar-refractivity contribution in [2.75, 3.05) is 46.2 Å². The second-order valence-electron chi connectivity index (χ2n) is 7.34. The normalized spacial score (nSPS) is 17.3. The number of halogens is 1. The summed E-state index contributed by atoms with van der Waals surface area (Å²) >= 11 is 0. The van der Waals surface area contributed by atoms with Crippen molar-refractivity contribution in [1.29, 1.82) is 0 Å². The van der Waals surface area contributed by atoms with E-state index < -0.39 is 15.8 Å². The standard InChI is InChI=1S/C19H24FN5O3S/c1-23(2)18(26)14-11-21-19(24(3)4)22-17(14)13-9-10-25(12-13)29(27,28)16-8-6-5-7-15(16)20/h5-8,11,13H,9-10,12H2,1-4H3. The van der Waals surface area contributed by atoms with Gasteiger partial charge in [0.05, 0.1) is 11.3 Å². The van der Waals surface area contributed by atoms with Crippen LogP contribution >= 0.6 is 0 Å². The molecule has 0 bridgehead atoms. The summed E-state index contributed by atoms with van der Waals surface area (Å²) in [6, 6.07) is 5.32. The Balaban J connectivity index is 1.96. The minimum atomic E-state index is -3.98. The number of hydrogen-bond acceptors (Lipinski definition) is 6. The van der Waals surface area contributed by atoms with Crippen LogP contribution in [0.5, 0.6) is 0 Å². The molecule has 1 aromatic heterocycles. The van der Waals surface area contributed by atoms with Crippen LogP contribution in [0.3, 0.4) is 0 Å². The Hall–Kier alpha value is -2.59. The van der Waals surface area contributed by atoms with Crippen molar-refractivity contribution in [2.24, 2.45) is 0 Å². The largest absolute Gasteiger partial charge is 0.347 e. The molecule has 2 aromatic rings. The van der Waals surface area contributed by atoms with Gasteiger partial charge in [0, 0.05) is 53.4 Å². The highest BCUT2D eigenvalue weighted by Crippen LogP contribution is 2.33. The van der Waals surface area contributed by atoms with Gasteiger partial charge in [-0.2, -0.15) is 4.31 Å². The van der Waals surface area contributed by atoms with Gasteiger partial charge in [-0.3, -0.25) is 4.79 Å². The van der Waals surface area contributed by atoms with E-state index in [0.717, 1.165) is 6.07 Å². The molecule has 1 amide bonds. The predicted molar refractivity (Wildman–Crippen MR) is 107 cm³/mol. The van der Waals surface area contributed by atoms with Crippen LogP contribution in [0, 0.1) is 5.82 Å². The first-order valence-electron chi connectivity index (χ1n) is 9.13. The summed E-state index contributed by atoms with van der Waals surface area (Å²) in [6.07, 6.45) is 1.96. The maximum absolute atomic E-state index is 14.1. The van der Waals surface area contributed by atoms with Gasteiger partial charge in [-0.1, -0.05) is 12.1 Å². The molecule has 0 spiro atoms. The fourth-order valence-electron chi connectivity index (χ4n) is 3.28. The SMILES string of the molecule is CN(C)C(=O)c1cnc(N(C)C)nc1C1CCN(S(=O)(=O)c2ccccc2F)C1. The molecule has 0 N–H and O–H groups in total. The van der Waals surface area contributed by atoms with Crippen molar-refractivity contribution >= 4 is 21.9 Å². The number of anilines is 1. The highest BCUT2D eigenvalue weighted by atomic mass is 32.2. The van der Waals surface area contributed by atoms with Gasteiger partial charge in [0.25, 0.3) is 5.91 Å². The van der Waals surface area contributed by atoms with Crippen LogP contribution in [0.25, 0.3) is 0 Å². The number of benzene rings is 1. The van der Waals surface area contributed by atoms with E-state index in [9.17, 15) is 17.6 Å². The van der Waals surface area contributed by atoms with Crippen LogP contribution in [0.2, 0.25) is 0 Å². The fourth-order valence-corrected chi connectivity index (χ4v) is 4.85. The molecule has 0 radical (unpaired) electrons. The number of sulfonamides is 1. The van der Waals surface area contributed by atoms with E-state index in [1.54, 1.807) is 33.1 Å². The molecule has 1 aliphatic heterocycles. The molecular formula is C19H24FN5O3S. The first kappa shape index (κ1) is 21.1. The highest BCUT2D eigenvalue weighted by molar-refractivity contribution is 7.89. The first-order chi connectivity index (χ1) is 13.6. The van der Waals surface area contributed by atoms with Gasteiger partial charge in [-0.15, -0.1) is 0 Å². The van der Waals surface area contributed by atoms with Crippen molar-refractivity contribution in [3.63, 3.8) is 0 Å². The summed E-state index contributed by atoms with van der Waals surface area (Å²) in [4.78, 5) is 24.2. The molecular weight excluding hydrogens is 397 g/mol. The van der Waals surface area contributed by atoms with E-state index in [2.05, 4.69) is 9.97 Å². The summed E-state index contributed by atoms with van der Waals surface area (Å²) in [5.41, 5.74) is 0.851. The lowest BCUT2D eigenvalue weighted by atomic mass is 9.99. The van der Waals surface area contributed by atoms with Crippen LogP contribution in [0.4, 0.5) is 10.3 Å². The third-order valence-corrected chi connectivity index (χ3v) is 6.73. The summed E-state index contributed by atoms with van der Waals surface area (Å²) in [5, 5.41) is 0. The minimum absolute atomic E-state index is 0.119. The summed E-state index contributed by atoms with van der Waals surface area (Å²) < 4.78 is 41.1. The number of rotatable bonds is 5. The summed E-state index contributed by atoms with van der Waals surface area (Å²) in [5.74, 6) is -0.889. The van der Waals surface area contributed by atoms with Crippen LogP contribution in [0.15, 0.2) is 35.4 Å². The van der Waals surface area contributed by atoms with E-state index >= 15 is 0 Å². The Morgan fingerprint density at radius 1 is 1.21 bits per heavy atom. The Kier molecular flexibility index (Phi) is 5.85. The number of amides is 1. The minimum Gasteiger partial charge on any atom is -0.347 e. The van der Waals surface area contributed by atoms with E-state index in [1.807, 2.05) is 0 Å². The fraction of sp³-hybridized carbons (Fsp3) is 0.421. The van der Waals surface area contributed by atoms with E-state index in [0.29, 0.717) is 23.6 Å². The first-order valence-corrected chi connectivity index (χ1v) is 10.6. The molecule has 156 valence electrons. The monoisotopic (exact) mass is 421 g/mol. The van der Waals surface area contributed by atoms with Gasteiger partial charge in [-0.05, 0) is 18.6 Å². The number of carbonyl (C=O) groups is 1. The topological polar surface area (TPSA) is 86.7 Å². The lowest BCUT2D eigenvalue weighted by Crippen LogP contribution is -2.30. The zero-order chi connectivity index (χ0) is 21.3. The molecule has 0 aliphatic carbocycles. The second-order valence-corrected chi connectivity index (χ2v) is 9.25. The van der Waals surface area contributed by atoms with Crippen LogP contribution in [0.1, 0.15) is 28.4 Å². The summed E-state index contributed by atoms with van der Waals surface area (Å²) in [6.45, 7) is 0.340. The summed E-state index contributed by atoms with van der Waals surface area (Å²) in [7, 11) is 2.87. The van der Waals surface area contributed by atoms with E-state index in [-0.39, 0.29) is 29.8 Å². The molecule has 1 saturated heterocycles. The molecule has 1 aromatic carbocycles. The van der Waals surface area contributed by atoms with Gasteiger partial charge in [0.15, 0.2) is 0 Å². The quantitative estimate of drug-likeness (QED) is 0.728. The Bertz CT molecular complexity index is 1030. The lowest BCUT2D eigenvalue weighted by molar-refractivity contribution is 0.0825. The van der Waals surface area contributed by atoms with Gasteiger partial charge >= 0.3 is 0 Å². The van der Waals surface area contributed by atoms with Crippen LogP contribution < -0.4 is 4.90 Å². The molecule has 1 unspecified atom stereocenters. The van der Waals surface area contributed by atoms with E-state index in [1.165, 1.54) is 33.6 Å². The van der Waals surface area contributed by atoms with E-state index in [4.69, 9.17) is 0 Å². The third-order valence-electron chi connectivity index (χ3n) is 4.83. The maximum Gasteiger partial charge on any atom is 0.256 e. The maximum atomic E-state index is 14.1. The molecule has 1 atom stereocenters. The Morgan fingerprint density at radius 3 is 2.52 bits per heavy atom. The average Bonchev–Trinajstić information content (AvgIpc) is 3.18. The van der Waals surface area contributed by atoms with Crippen molar-refractivity contribution in [3.8, 4) is 0 Å². The number of aromatic nitrogens is 2. The molecule has 0 saturated carbocycles. The highest BCUT2D eigenvalue weighted by Gasteiger charge is 2.37. The number of carbonyl (C=O) groups excluding carboxylic acids is 1. The van der Waals surface area contributed by atoms with Crippen molar-refractivity contribution in [1.82, 2.24) is 19.2 Å². The molecule has 2 heterocycles. The molecule has 10 heteroatoms. The Morgan fingerprint density at radius 2 is 1.90 bits per heavy atom. The zero-order valence-corrected chi connectivity index (χ0v) is 17.6.